The number of fused-ring (bicyclic) bond motifs is 3. The number of Topliss-reactive ketones (excluding diaryl/α,β-unsaturated/α-hetero) is 1. The molecular formula is C22H21NO3. The highest BCUT2D eigenvalue weighted by atomic mass is 16.5. The molecule has 2 aromatic carbocycles. The van der Waals surface area contributed by atoms with Crippen molar-refractivity contribution >= 4 is 11.9 Å². The van der Waals surface area contributed by atoms with E-state index in [2.05, 4.69) is 18.7 Å². The van der Waals surface area contributed by atoms with E-state index in [1.165, 1.54) is 0 Å². The number of carbonyl (C=O) groups is 1. The highest BCUT2D eigenvalue weighted by Gasteiger charge is 2.33. The highest BCUT2D eigenvalue weighted by Crippen LogP contribution is 2.41. The molecule has 0 aromatic heterocycles. The van der Waals surface area contributed by atoms with E-state index in [0.29, 0.717) is 29.8 Å². The van der Waals surface area contributed by atoms with Gasteiger partial charge in [-0.05, 0) is 37.6 Å². The second-order valence-corrected chi connectivity index (χ2v) is 6.76. The first-order valence-electron chi connectivity index (χ1n) is 8.82. The number of carbonyl (C=O) groups excluding carboxylic acids is 1. The molecule has 0 N–H and O–H groups in total. The third kappa shape index (κ3) is 3.04. The molecule has 0 saturated carbocycles. The molecule has 2 heterocycles. The van der Waals surface area contributed by atoms with Crippen molar-refractivity contribution in [1.82, 2.24) is 4.90 Å². The summed E-state index contributed by atoms with van der Waals surface area (Å²) in [5.41, 5.74) is 2.63. The second kappa shape index (κ2) is 6.81. The molecule has 0 spiro atoms. The molecule has 26 heavy (non-hydrogen) atoms. The number of ether oxygens (including phenoxy) is 2. The number of rotatable bonds is 3. The molecule has 0 amide bonds. The molecular weight excluding hydrogens is 326 g/mol. The first kappa shape index (κ1) is 16.6. The fraction of sp³-hybridized carbons (Fsp3) is 0.227. The second-order valence-electron chi connectivity index (χ2n) is 6.76. The van der Waals surface area contributed by atoms with Gasteiger partial charge in [0.1, 0.15) is 18.2 Å². The number of allylic oxidation sites excluding steroid dienone is 3. The van der Waals surface area contributed by atoms with Crippen LogP contribution in [0.1, 0.15) is 35.3 Å². The van der Waals surface area contributed by atoms with E-state index in [9.17, 15) is 4.79 Å². The van der Waals surface area contributed by atoms with Crippen LogP contribution in [0.4, 0.5) is 0 Å². The number of hydrogen-bond acceptors (Lipinski definition) is 4. The van der Waals surface area contributed by atoms with Crippen LogP contribution in [0.15, 0.2) is 60.4 Å². The number of hydrogen-bond donors (Lipinski definition) is 0. The summed E-state index contributed by atoms with van der Waals surface area (Å²) in [6.07, 6.45) is 5.52. The molecule has 4 heteroatoms. The summed E-state index contributed by atoms with van der Waals surface area (Å²) in [4.78, 5) is 14.9. The van der Waals surface area contributed by atoms with Crippen molar-refractivity contribution in [1.29, 1.82) is 0 Å². The molecule has 0 saturated heterocycles. The SMILES string of the molecule is CC(C)N1COc2ccc3c(c2C1)O/C(=C/C=C/c1ccccc1)C3=O. The van der Waals surface area contributed by atoms with Gasteiger partial charge in [0.25, 0.3) is 0 Å². The maximum absolute atomic E-state index is 12.7. The summed E-state index contributed by atoms with van der Waals surface area (Å²) in [5, 5.41) is 0. The summed E-state index contributed by atoms with van der Waals surface area (Å²) < 4.78 is 11.8. The summed E-state index contributed by atoms with van der Waals surface area (Å²) in [6.45, 7) is 5.53. The van der Waals surface area contributed by atoms with Crippen LogP contribution in [0.5, 0.6) is 11.5 Å². The fourth-order valence-corrected chi connectivity index (χ4v) is 3.13. The zero-order chi connectivity index (χ0) is 18.1. The van der Waals surface area contributed by atoms with Gasteiger partial charge in [-0.25, -0.2) is 0 Å². The Bertz CT molecular complexity index is 897. The first-order valence-corrected chi connectivity index (χ1v) is 8.82. The Kier molecular flexibility index (Phi) is 4.35. The molecule has 0 radical (unpaired) electrons. The molecule has 2 aliphatic heterocycles. The maximum atomic E-state index is 12.7. The van der Waals surface area contributed by atoms with Crippen LogP contribution >= 0.6 is 0 Å². The largest absolute Gasteiger partial charge is 0.478 e. The van der Waals surface area contributed by atoms with Crippen LogP contribution in [0.3, 0.4) is 0 Å². The predicted octanol–water partition coefficient (Wildman–Crippen LogP) is 4.42. The molecule has 0 unspecified atom stereocenters. The molecule has 132 valence electrons. The topological polar surface area (TPSA) is 38.8 Å². The van der Waals surface area contributed by atoms with Crippen LogP contribution in [-0.4, -0.2) is 23.5 Å². The maximum Gasteiger partial charge on any atom is 0.231 e. The molecule has 4 nitrogen and oxygen atoms in total. The minimum absolute atomic E-state index is 0.0813. The fourth-order valence-electron chi connectivity index (χ4n) is 3.13. The summed E-state index contributed by atoms with van der Waals surface area (Å²) in [5.74, 6) is 1.70. The standard InChI is InChI=1S/C22H21NO3/c1-15(2)23-13-18-19(25-14-23)12-11-17-21(24)20(26-22(17)18)10-6-9-16-7-4-3-5-8-16/h3-12,15H,13-14H2,1-2H3/b9-6+,20-10+. The van der Waals surface area contributed by atoms with Crippen LogP contribution in [-0.2, 0) is 6.54 Å². The number of nitrogens with zero attached hydrogens (tertiary/aromatic N) is 1. The van der Waals surface area contributed by atoms with Gasteiger partial charge < -0.3 is 9.47 Å². The zero-order valence-corrected chi connectivity index (χ0v) is 14.9. The van der Waals surface area contributed by atoms with Gasteiger partial charge in [0, 0.05) is 12.6 Å². The van der Waals surface area contributed by atoms with E-state index >= 15 is 0 Å². The Hall–Kier alpha value is -2.85. The molecule has 0 fully saturated rings. The predicted molar refractivity (Wildman–Crippen MR) is 101 cm³/mol. The van der Waals surface area contributed by atoms with Crippen LogP contribution in [0.2, 0.25) is 0 Å². The van der Waals surface area contributed by atoms with Crippen LogP contribution in [0.25, 0.3) is 6.08 Å². The third-order valence-corrected chi connectivity index (χ3v) is 4.71. The van der Waals surface area contributed by atoms with E-state index in [4.69, 9.17) is 9.47 Å². The molecule has 0 aliphatic carbocycles. The minimum Gasteiger partial charge on any atom is -0.478 e. The van der Waals surface area contributed by atoms with Crippen molar-refractivity contribution in [2.24, 2.45) is 0 Å². The monoisotopic (exact) mass is 347 g/mol. The van der Waals surface area contributed by atoms with Crippen molar-refractivity contribution in [3.05, 3.63) is 77.1 Å². The average Bonchev–Trinajstić information content (AvgIpc) is 2.98. The first-order chi connectivity index (χ1) is 12.6. The lowest BCUT2D eigenvalue weighted by atomic mass is 10.0. The summed E-state index contributed by atoms with van der Waals surface area (Å²) >= 11 is 0. The average molecular weight is 347 g/mol. The van der Waals surface area contributed by atoms with E-state index in [1.54, 1.807) is 12.1 Å². The van der Waals surface area contributed by atoms with Crippen LogP contribution < -0.4 is 9.47 Å². The van der Waals surface area contributed by atoms with Gasteiger partial charge in [0.15, 0.2) is 5.76 Å². The van der Waals surface area contributed by atoms with Crippen molar-refractivity contribution in [3.63, 3.8) is 0 Å². The van der Waals surface area contributed by atoms with Crippen molar-refractivity contribution in [3.8, 4) is 11.5 Å². The summed E-state index contributed by atoms with van der Waals surface area (Å²) in [7, 11) is 0. The lowest BCUT2D eigenvalue weighted by Crippen LogP contribution is -2.37. The Morgan fingerprint density at radius 3 is 2.69 bits per heavy atom. The van der Waals surface area contributed by atoms with E-state index in [-0.39, 0.29) is 5.78 Å². The van der Waals surface area contributed by atoms with Gasteiger partial charge in [0.2, 0.25) is 5.78 Å². The quantitative estimate of drug-likeness (QED) is 0.771. The lowest BCUT2D eigenvalue weighted by molar-refractivity contribution is 0.0674. The zero-order valence-electron chi connectivity index (χ0n) is 14.9. The smallest absolute Gasteiger partial charge is 0.231 e. The van der Waals surface area contributed by atoms with Gasteiger partial charge in [-0.1, -0.05) is 42.5 Å². The van der Waals surface area contributed by atoms with Crippen molar-refractivity contribution in [2.75, 3.05) is 6.73 Å². The van der Waals surface area contributed by atoms with Crippen LogP contribution in [0, 0.1) is 0 Å². The van der Waals surface area contributed by atoms with Crippen molar-refractivity contribution in [2.45, 2.75) is 26.4 Å². The van der Waals surface area contributed by atoms with Crippen molar-refractivity contribution < 1.29 is 14.3 Å². The highest BCUT2D eigenvalue weighted by molar-refractivity contribution is 6.13. The number of ketones is 1. The van der Waals surface area contributed by atoms with E-state index in [1.807, 2.05) is 48.6 Å². The Morgan fingerprint density at radius 2 is 1.92 bits per heavy atom. The minimum atomic E-state index is -0.0813. The van der Waals surface area contributed by atoms with E-state index in [0.717, 1.165) is 23.4 Å². The molecule has 0 atom stereocenters. The number of benzene rings is 2. The third-order valence-electron chi connectivity index (χ3n) is 4.71. The summed E-state index contributed by atoms with van der Waals surface area (Å²) in [6, 6.07) is 14.0. The van der Waals surface area contributed by atoms with Gasteiger partial charge in [-0.15, -0.1) is 0 Å². The van der Waals surface area contributed by atoms with Gasteiger partial charge >= 0.3 is 0 Å². The molecule has 0 bridgehead atoms. The normalized spacial score (nSPS) is 18.1. The Morgan fingerprint density at radius 1 is 1.12 bits per heavy atom. The lowest BCUT2D eigenvalue weighted by Gasteiger charge is -2.32. The van der Waals surface area contributed by atoms with Gasteiger partial charge in [-0.2, -0.15) is 0 Å². The van der Waals surface area contributed by atoms with Gasteiger partial charge in [-0.3, -0.25) is 9.69 Å². The Labute approximate surface area is 153 Å². The van der Waals surface area contributed by atoms with Gasteiger partial charge in [0.05, 0.1) is 11.1 Å². The Balaban J connectivity index is 1.61. The molecule has 2 aliphatic rings. The van der Waals surface area contributed by atoms with E-state index < -0.39 is 0 Å². The molecule has 2 aromatic rings. The molecule has 4 rings (SSSR count).